The van der Waals surface area contributed by atoms with Crippen LogP contribution in [0.1, 0.15) is 27.2 Å². The normalized spacial score (nSPS) is 9.85. The van der Waals surface area contributed by atoms with Gasteiger partial charge in [0.25, 0.3) is 0 Å². The Morgan fingerprint density at radius 1 is 1.23 bits per heavy atom. The summed E-state index contributed by atoms with van der Waals surface area (Å²) in [7, 11) is 0. The maximum atomic E-state index is 10.8. The van der Waals surface area contributed by atoms with Gasteiger partial charge in [0.2, 0.25) is 0 Å². The Balaban J connectivity index is 3.36. The first kappa shape index (κ1) is 11.9. The van der Waals surface area contributed by atoms with Crippen molar-refractivity contribution in [2.45, 2.75) is 27.2 Å². The van der Waals surface area contributed by atoms with E-state index < -0.39 is 11.9 Å². The van der Waals surface area contributed by atoms with Crippen molar-refractivity contribution in [3.05, 3.63) is 0 Å². The van der Waals surface area contributed by atoms with Crippen LogP contribution < -0.4 is 0 Å². The molecule has 0 saturated heterocycles. The molecule has 0 aliphatic carbocycles. The monoisotopic (exact) mass is 188 g/mol. The van der Waals surface area contributed by atoms with Crippen LogP contribution in [0, 0.1) is 5.92 Å². The van der Waals surface area contributed by atoms with Crippen LogP contribution in [0.25, 0.3) is 0 Å². The predicted octanol–water partition coefficient (Wildman–Crippen LogP) is 1.14. The number of esters is 2. The van der Waals surface area contributed by atoms with Crippen LogP contribution in [-0.4, -0.2) is 25.2 Å². The number of hydrogen-bond acceptors (Lipinski definition) is 4. The van der Waals surface area contributed by atoms with Crippen molar-refractivity contribution in [1.82, 2.24) is 0 Å². The average Bonchev–Trinajstić information content (AvgIpc) is 2.00. The molecule has 0 N–H and O–H groups in total. The van der Waals surface area contributed by atoms with Gasteiger partial charge in [-0.15, -0.1) is 0 Å². The van der Waals surface area contributed by atoms with Gasteiger partial charge in [0.05, 0.1) is 6.61 Å². The van der Waals surface area contributed by atoms with E-state index in [9.17, 15) is 9.59 Å². The topological polar surface area (TPSA) is 52.6 Å². The number of carbonyl (C=O) groups is 2. The highest BCUT2D eigenvalue weighted by atomic mass is 16.6. The zero-order valence-electron chi connectivity index (χ0n) is 8.33. The average molecular weight is 188 g/mol. The molecular formula is C9H16O4. The molecule has 4 heteroatoms. The second-order valence-electron chi connectivity index (χ2n) is 3.18. The van der Waals surface area contributed by atoms with Gasteiger partial charge < -0.3 is 9.47 Å². The lowest BCUT2D eigenvalue weighted by atomic mass is 10.1. The number of ether oxygens (including phenoxy) is 2. The maximum absolute atomic E-state index is 10.8. The zero-order chi connectivity index (χ0) is 10.3. The molecule has 0 amide bonds. The van der Waals surface area contributed by atoms with Crippen molar-refractivity contribution in [3.8, 4) is 0 Å². The van der Waals surface area contributed by atoms with Crippen LogP contribution in [0.5, 0.6) is 0 Å². The largest absolute Gasteiger partial charge is 0.463 e. The molecule has 0 bridgehead atoms. The minimum absolute atomic E-state index is 0.284. The molecule has 0 spiro atoms. The van der Waals surface area contributed by atoms with Gasteiger partial charge in [-0.2, -0.15) is 0 Å². The van der Waals surface area contributed by atoms with Gasteiger partial charge in [-0.3, -0.25) is 4.79 Å². The van der Waals surface area contributed by atoms with Gasteiger partial charge in [-0.25, -0.2) is 4.79 Å². The molecule has 0 aliphatic rings. The summed E-state index contributed by atoms with van der Waals surface area (Å²) in [5, 5.41) is 0. The molecule has 0 atom stereocenters. The second-order valence-corrected chi connectivity index (χ2v) is 3.18. The Hall–Kier alpha value is -1.06. The highest BCUT2D eigenvalue weighted by Gasteiger charge is 2.04. The molecular weight excluding hydrogens is 172 g/mol. The summed E-state index contributed by atoms with van der Waals surface area (Å²) >= 11 is 0. The summed E-state index contributed by atoms with van der Waals surface area (Å²) in [6, 6.07) is 0. The summed E-state index contributed by atoms with van der Waals surface area (Å²) < 4.78 is 9.23. The van der Waals surface area contributed by atoms with E-state index >= 15 is 0 Å². The van der Waals surface area contributed by atoms with Crippen molar-refractivity contribution in [3.63, 3.8) is 0 Å². The van der Waals surface area contributed by atoms with E-state index in [0.29, 0.717) is 12.5 Å². The van der Waals surface area contributed by atoms with Crippen LogP contribution >= 0.6 is 0 Å². The van der Waals surface area contributed by atoms with Crippen LogP contribution in [-0.2, 0) is 19.1 Å². The molecule has 4 nitrogen and oxygen atoms in total. The molecule has 0 aromatic rings. The van der Waals surface area contributed by atoms with E-state index in [-0.39, 0.29) is 6.61 Å². The Morgan fingerprint density at radius 2 is 1.85 bits per heavy atom. The molecule has 0 aliphatic heterocycles. The van der Waals surface area contributed by atoms with Crippen LogP contribution in [0.4, 0.5) is 0 Å². The van der Waals surface area contributed by atoms with Crippen molar-refractivity contribution < 1.29 is 19.1 Å². The molecule has 0 aromatic heterocycles. The van der Waals surface area contributed by atoms with E-state index in [2.05, 4.69) is 4.74 Å². The van der Waals surface area contributed by atoms with Gasteiger partial charge in [0.1, 0.15) is 0 Å². The molecule has 0 unspecified atom stereocenters. The van der Waals surface area contributed by atoms with Crippen molar-refractivity contribution >= 4 is 11.9 Å². The lowest BCUT2D eigenvalue weighted by molar-refractivity contribution is -0.157. The molecule has 0 heterocycles. The fourth-order valence-electron chi connectivity index (χ4n) is 0.611. The number of carbonyl (C=O) groups excluding carboxylic acids is 2. The third-order valence-corrected chi connectivity index (χ3v) is 1.35. The fraction of sp³-hybridized carbons (Fsp3) is 0.778. The van der Waals surface area contributed by atoms with Crippen LogP contribution in [0.3, 0.4) is 0 Å². The SMILES string of the molecule is CC(=O)OCC(=O)OCCC(C)C. The highest BCUT2D eigenvalue weighted by Crippen LogP contribution is 1.98. The molecule has 13 heavy (non-hydrogen) atoms. The fourth-order valence-corrected chi connectivity index (χ4v) is 0.611. The first-order valence-electron chi connectivity index (χ1n) is 4.31. The summed E-state index contributed by atoms with van der Waals surface area (Å²) in [5.74, 6) is -0.460. The summed E-state index contributed by atoms with van der Waals surface area (Å²) in [5.41, 5.74) is 0. The Morgan fingerprint density at radius 3 is 2.31 bits per heavy atom. The van der Waals surface area contributed by atoms with Gasteiger partial charge in [-0.05, 0) is 12.3 Å². The number of rotatable bonds is 5. The lowest BCUT2D eigenvalue weighted by Crippen LogP contribution is -2.15. The molecule has 76 valence electrons. The highest BCUT2D eigenvalue weighted by molar-refractivity contribution is 5.75. The van der Waals surface area contributed by atoms with E-state index in [1.807, 2.05) is 13.8 Å². The third-order valence-electron chi connectivity index (χ3n) is 1.35. The van der Waals surface area contributed by atoms with Crippen molar-refractivity contribution in [1.29, 1.82) is 0 Å². The van der Waals surface area contributed by atoms with Crippen LogP contribution in [0.2, 0.25) is 0 Å². The summed E-state index contributed by atoms with van der Waals surface area (Å²) in [4.78, 5) is 21.1. The third kappa shape index (κ3) is 8.85. The number of hydrogen-bond donors (Lipinski definition) is 0. The Labute approximate surface area is 78.2 Å². The first-order valence-corrected chi connectivity index (χ1v) is 4.31. The maximum Gasteiger partial charge on any atom is 0.344 e. The van der Waals surface area contributed by atoms with Crippen molar-refractivity contribution in [2.75, 3.05) is 13.2 Å². The van der Waals surface area contributed by atoms with Gasteiger partial charge in [-0.1, -0.05) is 13.8 Å². The predicted molar refractivity (Wildman–Crippen MR) is 47.0 cm³/mol. The Kier molecular flexibility index (Phi) is 5.93. The smallest absolute Gasteiger partial charge is 0.344 e. The minimum atomic E-state index is -0.490. The van der Waals surface area contributed by atoms with Crippen LogP contribution in [0.15, 0.2) is 0 Å². The second kappa shape index (κ2) is 6.46. The van der Waals surface area contributed by atoms with Gasteiger partial charge >= 0.3 is 11.9 Å². The molecule has 0 saturated carbocycles. The summed E-state index contributed by atoms with van der Waals surface area (Å²) in [6.45, 7) is 5.44. The standard InChI is InChI=1S/C9H16O4/c1-7(2)4-5-12-9(11)6-13-8(3)10/h7H,4-6H2,1-3H3. The van der Waals surface area contributed by atoms with E-state index in [1.54, 1.807) is 0 Å². The molecule has 0 aromatic carbocycles. The minimum Gasteiger partial charge on any atom is -0.463 e. The first-order chi connectivity index (χ1) is 6.02. The molecule has 0 fully saturated rings. The van der Waals surface area contributed by atoms with E-state index in [4.69, 9.17) is 4.74 Å². The van der Waals surface area contributed by atoms with Crippen molar-refractivity contribution in [2.24, 2.45) is 5.92 Å². The molecule has 0 radical (unpaired) electrons. The summed E-state index contributed by atoms with van der Waals surface area (Å²) in [6.07, 6.45) is 0.825. The van der Waals surface area contributed by atoms with Gasteiger partial charge in [0, 0.05) is 6.92 Å². The van der Waals surface area contributed by atoms with E-state index in [1.165, 1.54) is 6.92 Å². The van der Waals surface area contributed by atoms with E-state index in [0.717, 1.165) is 6.42 Å². The molecule has 0 rings (SSSR count). The lowest BCUT2D eigenvalue weighted by Gasteiger charge is -2.06. The zero-order valence-corrected chi connectivity index (χ0v) is 8.33. The Bertz CT molecular complexity index is 174. The quantitative estimate of drug-likeness (QED) is 0.607. The van der Waals surface area contributed by atoms with Gasteiger partial charge in [0.15, 0.2) is 6.61 Å².